The van der Waals surface area contributed by atoms with Gasteiger partial charge in [-0.1, -0.05) is 39.3 Å². The Morgan fingerprint density at radius 2 is 1.89 bits per heavy atom. The van der Waals surface area contributed by atoms with Crippen LogP contribution in [0.5, 0.6) is 5.75 Å². The number of nitrogens with zero attached hydrogens (tertiary/aromatic N) is 1. The summed E-state index contributed by atoms with van der Waals surface area (Å²) in [5.74, 6) is 1.76. The second-order valence-electron chi connectivity index (χ2n) is 11.0. The van der Waals surface area contributed by atoms with Gasteiger partial charge in [0, 0.05) is 17.5 Å². The van der Waals surface area contributed by atoms with E-state index in [2.05, 4.69) is 36.9 Å². The van der Waals surface area contributed by atoms with Crippen molar-refractivity contribution < 1.29 is 27.8 Å². The molecule has 5 rings (SSSR count). The highest BCUT2D eigenvalue weighted by Gasteiger charge is 2.72. The van der Waals surface area contributed by atoms with Gasteiger partial charge in [0.15, 0.2) is 0 Å². The number of carbonyl (C=O) groups is 1. The Balaban J connectivity index is 1.52. The highest BCUT2D eigenvalue weighted by Crippen LogP contribution is 2.77. The molecule has 0 aromatic heterocycles. The molecule has 2 fully saturated rings. The van der Waals surface area contributed by atoms with Gasteiger partial charge in [0.2, 0.25) is 0 Å². The summed E-state index contributed by atoms with van der Waals surface area (Å²) in [7, 11) is 0. The summed E-state index contributed by atoms with van der Waals surface area (Å²) in [4.78, 5) is 16.3. The fraction of sp³-hybridized carbons (Fsp3) is 0.500. The normalized spacial score (nSPS) is 28.8. The van der Waals surface area contributed by atoms with Crippen LogP contribution >= 0.6 is 0 Å². The van der Waals surface area contributed by atoms with Gasteiger partial charge in [-0.15, -0.1) is 13.2 Å². The fourth-order valence-electron chi connectivity index (χ4n) is 7.03. The average molecular weight is 501 g/mol. The summed E-state index contributed by atoms with van der Waals surface area (Å²) in [6.07, 6.45) is -1.35. The van der Waals surface area contributed by atoms with Gasteiger partial charge in [0.25, 0.3) is 0 Å². The van der Waals surface area contributed by atoms with Crippen molar-refractivity contribution >= 4 is 23.2 Å². The Labute approximate surface area is 208 Å². The van der Waals surface area contributed by atoms with Crippen molar-refractivity contribution in [2.24, 2.45) is 34.1 Å². The van der Waals surface area contributed by atoms with Crippen LogP contribution in [0.1, 0.15) is 57.1 Å². The fourth-order valence-corrected chi connectivity index (χ4v) is 7.03. The maximum atomic E-state index is 12.6. The molecule has 2 aromatic carbocycles. The molecule has 2 N–H and O–H groups in total. The number of hydrogen-bond acceptors (Lipinski definition) is 4. The van der Waals surface area contributed by atoms with E-state index in [9.17, 15) is 23.1 Å². The number of ether oxygens (including phenoxy) is 1. The Morgan fingerprint density at radius 1 is 1.17 bits per heavy atom. The van der Waals surface area contributed by atoms with E-state index in [4.69, 9.17) is 4.99 Å². The minimum atomic E-state index is -4.74. The van der Waals surface area contributed by atoms with Crippen molar-refractivity contribution in [1.29, 1.82) is 0 Å². The predicted molar refractivity (Wildman–Crippen MR) is 132 cm³/mol. The number of carboxylic acid groups (broad SMARTS) is 1. The Morgan fingerprint density at radius 3 is 2.53 bits per heavy atom. The molecule has 1 heterocycles. The van der Waals surface area contributed by atoms with E-state index >= 15 is 0 Å². The first kappa shape index (κ1) is 24.7. The van der Waals surface area contributed by atoms with Crippen LogP contribution in [0.15, 0.2) is 47.5 Å². The van der Waals surface area contributed by atoms with E-state index < -0.39 is 12.3 Å². The minimum absolute atomic E-state index is 0.0660. The van der Waals surface area contributed by atoms with Crippen LogP contribution in [0.2, 0.25) is 0 Å². The number of anilines is 1. The minimum Gasteiger partial charge on any atom is -0.481 e. The van der Waals surface area contributed by atoms with Gasteiger partial charge in [-0.25, -0.2) is 4.99 Å². The van der Waals surface area contributed by atoms with E-state index in [1.54, 1.807) is 12.1 Å². The number of benzene rings is 2. The van der Waals surface area contributed by atoms with Crippen molar-refractivity contribution in [1.82, 2.24) is 0 Å². The molecule has 8 heteroatoms. The summed E-state index contributed by atoms with van der Waals surface area (Å²) in [5, 5.41) is 12.7. The number of carboxylic acids is 1. The molecule has 5 atom stereocenters. The molecule has 192 valence electrons. The standard InChI is InChI=1S/C28H31F3N2O3/c1-15(2)21-11-4-16(3)14-27(21)24-20-10-5-17(13-23(34)35)12-22(20)33-26(25(24)27)32-18-6-8-19(9-7-18)36-28(29,30)31/h5-10,12,15-16,21,24-25H,4,11,13-14H2,1-3H3,(H,32,33)(H,34,35)/t16-,21+,24-,25?,27-/m1/s1. The Kier molecular flexibility index (Phi) is 6.04. The van der Waals surface area contributed by atoms with Crippen LogP contribution < -0.4 is 10.1 Å². The third kappa shape index (κ3) is 4.46. The first-order valence-electron chi connectivity index (χ1n) is 12.5. The van der Waals surface area contributed by atoms with E-state index in [1.165, 1.54) is 24.1 Å². The zero-order valence-electron chi connectivity index (χ0n) is 20.6. The smallest absolute Gasteiger partial charge is 0.481 e. The zero-order chi connectivity index (χ0) is 25.8. The largest absolute Gasteiger partial charge is 0.573 e. The summed E-state index contributed by atoms with van der Waals surface area (Å²) in [5.41, 5.74) is 3.36. The molecule has 1 aliphatic heterocycles. The Bertz CT molecular complexity index is 1190. The summed E-state index contributed by atoms with van der Waals surface area (Å²) < 4.78 is 41.7. The molecule has 2 aliphatic carbocycles. The second-order valence-corrected chi connectivity index (χ2v) is 11.0. The molecule has 2 saturated carbocycles. The second kappa shape index (κ2) is 8.82. The number of halogens is 3. The lowest BCUT2D eigenvalue weighted by Gasteiger charge is -2.39. The molecule has 0 bridgehead atoms. The van der Waals surface area contributed by atoms with Crippen molar-refractivity contribution in [3.8, 4) is 5.75 Å². The first-order chi connectivity index (χ1) is 17.0. The number of alkyl halides is 3. The highest BCUT2D eigenvalue weighted by molar-refractivity contribution is 6.04. The zero-order valence-corrected chi connectivity index (χ0v) is 20.6. The number of aliphatic carboxylic acids is 1. The highest BCUT2D eigenvalue weighted by atomic mass is 19.4. The molecule has 2 aromatic rings. The quantitative estimate of drug-likeness (QED) is 0.457. The van der Waals surface area contributed by atoms with Crippen molar-refractivity contribution in [3.05, 3.63) is 53.6 Å². The number of rotatable bonds is 5. The van der Waals surface area contributed by atoms with Gasteiger partial charge in [-0.3, -0.25) is 4.79 Å². The summed E-state index contributed by atoms with van der Waals surface area (Å²) in [6.45, 7) is 6.88. The molecule has 1 unspecified atom stereocenters. The maximum absolute atomic E-state index is 12.6. The van der Waals surface area contributed by atoms with E-state index in [0.717, 1.165) is 24.4 Å². The number of amidine groups is 1. The molecule has 0 saturated heterocycles. The van der Waals surface area contributed by atoms with Crippen molar-refractivity contribution in [3.63, 3.8) is 0 Å². The van der Waals surface area contributed by atoms with Crippen LogP contribution in [-0.4, -0.2) is 23.3 Å². The van der Waals surface area contributed by atoms with Crippen LogP contribution in [-0.2, 0) is 11.2 Å². The number of aliphatic imine (C=N–C) groups is 1. The predicted octanol–water partition coefficient (Wildman–Crippen LogP) is 7.16. The monoisotopic (exact) mass is 500 g/mol. The van der Waals surface area contributed by atoms with Crippen molar-refractivity contribution in [2.45, 2.75) is 58.7 Å². The van der Waals surface area contributed by atoms with Crippen LogP contribution in [0, 0.1) is 29.1 Å². The number of fused-ring (bicyclic) bond motifs is 5. The SMILES string of the molecule is CC(C)[C@@H]1CC[C@@H](C)C[C@@]12C1C(Nc3ccc(OC(F)(F)F)cc3)=Nc3cc(CC(=O)O)ccc3[C@H]12. The first-order valence-corrected chi connectivity index (χ1v) is 12.5. The molecule has 5 nitrogen and oxygen atoms in total. The topological polar surface area (TPSA) is 70.9 Å². The van der Waals surface area contributed by atoms with Gasteiger partial charge >= 0.3 is 12.3 Å². The summed E-state index contributed by atoms with van der Waals surface area (Å²) >= 11 is 0. The van der Waals surface area contributed by atoms with Crippen LogP contribution in [0.3, 0.4) is 0 Å². The maximum Gasteiger partial charge on any atom is 0.573 e. The number of hydrogen-bond donors (Lipinski definition) is 2. The van der Waals surface area contributed by atoms with E-state index in [0.29, 0.717) is 29.0 Å². The molecule has 1 spiro atoms. The van der Waals surface area contributed by atoms with E-state index in [1.807, 2.05) is 12.1 Å². The van der Waals surface area contributed by atoms with Crippen LogP contribution in [0.4, 0.5) is 24.5 Å². The molecule has 0 radical (unpaired) electrons. The number of nitrogens with one attached hydrogen (secondary N) is 1. The molecule has 3 aliphatic rings. The average Bonchev–Trinajstić information content (AvgIpc) is 3.41. The van der Waals surface area contributed by atoms with Gasteiger partial charge in [-0.2, -0.15) is 0 Å². The Hall–Kier alpha value is -3.03. The lowest BCUT2D eigenvalue weighted by Crippen LogP contribution is -2.33. The molecule has 36 heavy (non-hydrogen) atoms. The molecular formula is C28H31F3N2O3. The van der Waals surface area contributed by atoms with Crippen LogP contribution in [0.25, 0.3) is 0 Å². The molecule has 0 amide bonds. The lowest BCUT2D eigenvalue weighted by molar-refractivity contribution is -0.274. The third-order valence-corrected chi connectivity index (χ3v) is 8.23. The molecular weight excluding hydrogens is 469 g/mol. The van der Waals surface area contributed by atoms with Gasteiger partial charge in [0.05, 0.1) is 12.1 Å². The van der Waals surface area contributed by atoms with Gasteiger partial charge < -0.3 is 15.2 Å². The van der Waals surface area contributed by atoms with Gasteiger partial charge in [0.1, 0.15) is 11.6 Å². The van der Waals surface area contributed by atoms with Crippen molar-refractivity contribution in [2.75, 3.05) is 5.32 Å². The third-order valence-electron chi connectivity index (χ3n) is 8.23. The summed E-state index contributed by atoms with van der Waals surface area (Å²) in [6, 6.07) is 11.5. The van der Waals surface area contributed by atoms with E-state index in [-0.39, 0.29) is 29.4 Å². The van der Waals surface area contributed by atoms with Gasteiger partial charge in [-0.05, 0) is 77.5 Å². The lowest BCUT2D eigenvalue weighted by atomic mass is 9.65.